The number of anilines is 1. The van der Waals surface area contributed by atoms with E-state index in [2.05, 4.69) is 20.9 Å². The molecule has 12 nitrogen and oxygen atoms in total. The molecule has 2 aliphatic rings. The van der Waals surface area contributed by atoms with Gasteiger partial charge < -0.3 is 0 Å². The summed E-state index contributed by atoms with van der Waals surface area (Å²) >= 11 is 0. The molecule has 0 bridgehead atoms. The van der Waals surface area contributed by atoms with Crippen LogP contribution in [0.4, 0.5) is 10.6 Å². The van der Waals surface area contributed by atoms with E-state index in [1.54, 1.807) is 13.2 Å². The Morgan fingerprint density at radius 1 is 1.11 bits per heavy atom. The van der Waals surface area contributed by atoms with Crippen LogP contribution < -0.4 is 10.2 Å². The first-order chi connectivity index (χ1) is 17.9. The van der Waals surface area contributed by atoms with Gasteiger partial charge in [0, 0.05) is 0 Å². The predicted molar refractivity (Wildman–Crippen MR) is 134 cm³/mol. The molecular formula is C24H27N6O6P. The number of nitrogens with one attached hydrogen (secondary N) is 1. The summed E-state index contributed by atoms with van der Waals surface area (Å²) in [4.78, 5) is 51.2. The fourth-order valence-electron chi connectivity index (χ4n) is 4.27. The van der Waals surface area contributed by atoms with Crippen molar-refractivity contribution in [1.82, 2.24) is 25.1 Å². The molecule has 37 heavy (non-hydrogen) atoms. The van der Waals surface area contributed by atoms with E-state index in [-0.39, 0.29) is 38.0 Å². The van der Waals surface area contributed by atoms with E-state index >= 15 is 0 Å². The van der Waals surface area contributed by atoms with E-state index < -0.39 is 31.9 Å². The summed E-state index contributed by atoms with van der Waals surface area (Å²) in [6, 6.07) is 9.49. The van der Waals surface area contributed by atoms with Gasteiger partial charge in [-0.1, -0.05) is 0 Å². The molecule has 0 unspecified atom stereocenters. The number of aromatic nitrogens is 2. The van der Waals surface area contributed by atoms with Gasteiger partial charge in [0.15, 0.2) is 0 Å². The van der Waals surface area contributed by atoms with Crippen LogP contribution in [0.5, 0.6) is 0 Å². The molecular weight excluding hydrogens is 499 g/mol. The number of nitrogens with zero attached hydrogens (tertiary/aromatic N) is 5. The van der Waals surface area contributed by atoms with Crippen LogP contribution in [0.15, 0.2) is 36.4 Å². The van der Waals surface area contributed by atoms with Gasteiger partial charge in [0.25, 0.3) is 0 Å². The number of hydrogen-bond donors (Lipinski definition) is 2. The minimum absolute atomic E-state index is 0.0441. The molecule has 3 amide bonds. The summed E-state index contributed by atoms with van der Waals surface area (Å²) in [5, 5.41) is 11.7. The first kappa shape index (κ1) is 26.3. The van der Waals surface area contributed by atoms with Gasteiger partial charge >= 0.3 is 214 Å². The van der Waals surface area contributed by atoms with E-state index in [0.717, 1.165) is 12.0 Å². The first-order valence-electron chi connectivity index (χ1n) is 11.8. The van der Waals surface area contributed by atoms with Crippen LogP contribution >= 0.6 is 7.92 Å². The fourth-order valence-corrected chi connectivity index (χ4v) is 4.55. The van der Waals surface area contributed by atoms with Crippen molar-refractivity contribution in [3.8, 4) is 17.0 Å². The number of methoxy groups -OCH3 is 1. The summed E-state index contributed by atoms with van der Waals surface area (Å²) in [5.41, 5.74) is 3.20. The quantitative estimate of drug-likeness (QED) is 0.536. The second kappa shape index (κ2) is 12.0. The van der Waals surface area contributed by atoms with E-state index in [9.17, 15) is 18.9 Å². The zero-order chi connectivity index (χ0) is 26.4. The Morgan fingerprint density at radius 2 is 1.81 bits per heavy atom. The van der Waals surface area contributed by atoms with E-state index in [0.29, 0.717) is 24.7 Å². The molecule has 3 heterocycles. The number of carbonyl (C=O) groups excluding carboxylic acids is 2. The summed E-state index contributed by atoms with van der Waals surface area (Å²) in [6.07, 6.45) is -0.186. The zero-order valence-electron chi connectivity index (χ0n) is 20.2. The molecule has 1 aromatic heterocycles. The average molecular weight is 526 g/mol. The van der Waals surface area contributed by atoms with E-state index in [1.807, 2.05) is 35.2 Å². The molecule has 2 aromatic rings. The molecule has 2 aliphatic heterocycles. The molecule has 13 heteroatoms. The molecule has 0 saturated carbocycles. The number of carboxylic acid groups (broad SMARTS) is 1. The molecule has 2 saturated heterocycles. The topological polar surface area (TPSA) is 145 Å². The normalized spacial score (nSPS) is 18.2. The van der Waals surface area contributed by atoms with Gasteiger partial charge in [-0.15, -0.1) is 0 Å². The molecule has 2 atom stereocenters. The van der Waals surface area contributed by atoms with Gasteiger partial charge in [-0.2, -0.15) is 0 Å². The molecule has 2 fully saturated rings. The summed E-state index contributed by atoms with van der Waals surface area (Å²) < 4.78 is 16.8. The van der Waals surface area contributed by atoms with Gasteiger partial charge in [-0.3, -0.25) is 0 Å². The number of benzene rings is 1. The molecule has 1 aromatic carbocycles. The Labute approximate surface area is 214 Å². The molecule has 4 rings (SSSR count). The van der Waals surface area contributed by atoms with Gasteiger partial charge in [0.1, 0.15) is 0 Å². The van der Waals surface area contributed by atoms with Crippen LogP contribution in [0.1, 0.15) is 16.9 Å². The number of piperazine rings is 1. The van der Waals surface area contributed by atoms with Gasteiger partial charge in [0.2, 0.25) is 0 Å². The Hall–Kier alpha value is -3.72. The minimum atomic E-state index is -1.30. The predicted octanol–water partition coefficient (Wildman–Crippen LogP) is 1.54. The second-order valence-electron chi connectivity index (χ2n) is 8.62. The number of ether oxygens (including phenoxy) is 1. The SMILES string of the molecule is CO[C@H]1CCN(c2cc(C(=O)N[C@@H](C#P=O)C(=O)N3CCN(C(=O)O)CC3)nc(-c3ccccc3)n2)C1. The Bertz CT molecular complexity index is 1260. The van der Waals surface area contributed by atoms with Crippen LogP contribution in [0.2, 0.25) is 0 Å². The monoisotopic (exact) mass is 526 g/mol. The standard InChI is InChI=1S/C24H27N6O6P/c1-36-17-7-8-30(14-17)20-13-18(25-21(27-20)16-5-3-2-4-6-16)22(31)26-19(15-37-35)23(32)28-9-11-29(12-10-28)24(33)34/h2-6,13,17,19H,7-12,14H2,1H3,(H,26,31)(H,33,34)/t17-,19-/m0/s1. The van der Waals surface area contributed by atoms with Crippen molar-refractivity contribution in [3.05, 3.63) is 42.1 Å². The van der Waals surface area contributed by atoms with Crippen LogP contribution in [-0.2, 0) is 14.1 Å². The molecule has 0 aliphatic carbocycles. The van der Waals surface area contributed by atoms with Gasteiger partial charge in [-0.25, -0.2) is 0 Å². The average Bonchev–Trinajstić information content (AvgIpc) is 3.42. The Kier molecular flexibility index (Phi) is 8.55. The van der Waals surface area contributed by atoms with Crippen LogP contribution in [0.25, 0.3) is 11.4 Å². The molecule has 0 spiro atoms. The van der Waals surface area contributed by atoms with Crippen LogP contribution in [0, 0.1) is 5.63 Å². The van der Waals surface area contributed by atoms with Gasteiger partial charge in [0.05, 0.1) is 0 Å². The van der Waals surface area contributed by atoms with Crippen LogP contribution in [-0.4, -0.2) is 101 Å². The second-order valence-corrected chi connectivity index (χ2v) is 9.06. The first-order valence-corrected chi connectivity index (χ1v) is 12.6. The molecule has 0 radical (unpaired) electrons. The molecule has 194 valence electrons. The molecule has 2 N–H and O–H groups in total. The third-order valence-electron chi connectivity index (χ3n) is 6.35. The number of carbonyl (C=O) groups is 3. The number of rotatable bonds is 6. The van der Waals surface area contributed by atoms with Crippen molar-refractivity contribution in [1.29, 1.82) is 0 Å². The van der Waals surface area contributed by atoms with Crippen molar-refractivity contribution < 1.29 is 28.8 Å². The maximum atomic E-state index is 13.3. The van der Waals surface area contributed by atoms with E-state index in [1.165, 1.54) is 9.80 Å². The maximum absolute atomic E-state index is 13.3. The van der Waals surface area contributed by atoms with Crippen LogP contribution in [0.3, 0.4) is 0 Å². The Balaban J connectivity index is 1.57. The zero-order valence-corrected chi connectivity index (χ0v) is 21.1. The van der Waals surface area contributed by atoms with Crippen molar-refractivity contribution in [2.75, 3.05) is 51.3 Å². The van der Waals surface area contributed by atoms with Crippen molar-refractivity contribution in [3.63, 3.8) is 0 Å². The summed E-state index contributed by atoms with van der Waals surface area (Å²) in [6.45, 7) is 1.91. The fraction of sp³-hybridized carbons (Fsp3) is 0.417. The van der Waals surface area contributed by atoms with E-state index in [4.69, 9.17) is 9.84 Å². The third kappa shape index (κ3) is 6.35. The van der Waals surface area contributed by atoms with Crippen molar-refractivity contribution in [2.24, 2.45) is 0 Å². The number of hydrogen-bond acceptors (Lipinski definition) is 8. The van der Waals surface area contributed by atoms with Crippen molar-refractivity contribution in [2.45, 2.75) is 18.6 Å². The van der Waals surface area contributed by atoms with Gasteiger partial charge in [-0.05, 0) is 0 Å². The Morgan fingerprint density at radius 3 is 2.43 bits per heavy atom. The number of amides is 3. The summed E-state index contributed by atoms with van der Waals surface area (Å²) in [5.74, 6) is -0.267. The summed E-state index contributed by atoms with van der Waals surface area (Å²) in [7, 11) is 1.10. The van der Waals surface area contributed by atoms with Crippen molar-refractivity contribution >= 4 is 31.6 Å². The third-order valence-corrected chi connectivity index (χ3v) is 6.71.